The Morgan fingerprint density at radius 2 is 2.18 bits per heavy atom. The van der Waals surface area contributed by atoms with Gasteiger partial charge in [-0.25, -0.2) is 0 Å². The van der Waals surface area contributed by atoms with Gasteiger partial charge in [0.15, 0.2) is 0 Å². The van der Waals surface area contributed by atoms with E-state index in [0.717, 1.165) is 23.4 Å². The lowest BCUT2D eigenvalue weighted by Gasteiger charge is -2.15. The van der Waals surface area contributed by atoms with Crippen molar-refractivity contribution in [3.63, 3.8) is 0 Å². The van der Waals surface area contributed by atoms with Gasteiger partial charge in [-0.1, -0.05) is 0 Å². The molecule has 3 N–H and O–H groups in total. The average molecular weight is 246 g/mol. The van der Waals surface area contributed by atoms with Gasteiger partial charge in [0, 0.05) is 17.4 Å². The third-order valence-electron chi connectivity index (χ3n) is 2.80. The van der Waals surface area contributed by atoms with Crippen LogP contribution in [0.5, 0.6) is 0 Å². The summed E-state index contributed by atoms with van der Waals surface area (Å²) < 4.78 is 0. The molecular weight excluding hydrogens is 228 g/mol. The molecule has 1 unspecified atom stereocenters. The molecule has 90 valence electrons. The number of nitrogens with two attached hydrogens (primary N) is 1. The maximum absolute atomic E-state index is 5.80. The molecule has 1 aromatic heterocycles. The van der Waals surface area contributed by atoms with Crippen LogP contribution in [0.2, 0.25) is 0 Å². The molecule has 1 aromatic carbocycles. The smallest absolute Gasteiger partial charge is 0.0346 e. The summed E-state index contributed by atoms with van der Waals surface area (Å²) in [5.74, 6) is 0. The van der Waals surface area contributed by atoms with E-state index >= 15 is 0 Å². The zero-order valence-corrected chi connectivity index (χ0v) is 11.1. The Hall–Kier alpha value is -1.48. The molecule has 0 aliphatic carbocycles. The summed E-state index contributed by atoms with van der Waals surface area (Å²) in [5.41, 5.74) is 10.3. The molecular formula is C14H18N2S. The number of nitrogen functional groups attached to an aromatic ring is 1. The molecule has 0 saturated carbocycles. The Morgan fingerprint density at radius 1 is 1.35 bits per heavy atom. The van der Waals surface area contributed by atoms with Crippen molar-refractivity contribution >= 4 is 22.7 Å². The van der Waals surface area contributed by atoms with Crippen LogP contribution in [0, 0.1) is 6.92 Å². The van der Waals surface area contributed by atoms with E-state index in [1.54, 1.807) is 11.3 Å². The first kappa shape index (κ1) is 12.0. The fraction of sp³-hybridized carbons (Fsp3) is 0.286. The van der Waals surface area contributed by atoms with Gasteiger partial charge < -0.3 is 11.1 Å². The summed E-state index contributed by atoms with van der Waals surface area (Å²) in [5, 5.41) is 7.82. The van der Waals surface area contributed by atoms with Crippen LogP contribution in [0.25, 0.3) is 0 Å². The molecule has 2 aromatic rings. The van der Waals surface area contributed by atoms with Gasteiger partial charge in [0.05, 0.1) is 0 Å². The molecule has 0 radical (unpaired) electrons. The Kier molecular flexibility index (Phi) is 3.69. The Bertz CT molecular complexity index is 477. The lowest BCUT2D eigenvalue weighted by atomic mass is 10.1. The van der Waals surface area contributed by atoms with Gasteiger partial charge in [0.25, 0.3) is 0 Å². The van der Waals surface area contributed by atoms with Crippen molar-refractivity contribution in [2.24, 2.45) is 0 Å². The summed E-state index contributed by atoms with van der Waals surface area (Å²) in [6.07, 6.45) is 1.05. The predicted octanol–water partition coefficient (Wildman–Crippen LogP) is 3.68. The van der Waals surface area contributed by atoms with Crippen LogP contribution >= 0.6 is 11.3 Å². The van der Waals surface area contributed by atoms with Gasteiger partial charge in [-0.05, 0) is 66.4 Å². The third kappa shape index (κ3) is 3.24. The van der Waals surface area contributed by atoms with Crippen molar-refractivity contribution in [3.05, 3.63) is 46.2 Å². The number of hydrogen-bond donors (Lipinski definition) is 2. The topological polar surface area (TPSA) is 38.0 Å². The minimum absolute atomic E-state index is 0.424. The van der Waals surface area contributed by atoms with Gasteiger partial charge in [-0.2, -0.15) is 11.3 Å². The van der Waals surface area contributed by atoms with Crippen LogP contribution in [0.3, 0.4) is 0 Å². The number of anilines is 2. The lowest BCUT2D eigenvalue weighted by Crippen LogP contribution is -2.17. The predicted molar refractivity (Wildman–Crippen MR) is 76.7 cm³/mol. The van der Waals surface area contributed by atoms with Crippen LogP contribution in [0.1, 0.15) is 18.1 Å². The summed E-state index contributed by atoms with van der Waals surface area (Å²) in [6, 6.07) is 8.69. The van der Waals surface area contributed by atoms with E-state index in [1.807, 2.05) is 19.1 Å². The summed E-state index contributed by atoms with van der Waals surface area (Å²) >= 11 is 1.75. The summed E-state index contributed by atoms with van der Waals surface area (Å²) in [4.78, 5) is 0. The third-order valence-corrected chi connectivity index (χ3v) is 3.54. The molecule has 0 saturated heterocycles. The average Bonchev–Trinajstić information content (AvgIpc) is 2.76. The van der Waals surface area contributed by atoms with E-state index in [9.17, 15) is 0 Å². The number of hydrogen-bond acceptors (Lipinski definition) is 3. The number of rotatable bonds is 4. The summed E-state index contributed by atoms with van der Waals surface area (Å²) in [6.45, 7) is 4.23. The quantitative estimate of drug-likeness (QED) is 0.808. The second-order valence-electron chi connectivity index (χ2n) is 4.45. The molecule has 0 aliphatic rings. The number of nitrogens with one attached hydrogen (secondary N) is 1. The molecule has 2 nitrogen and oxygen atoms in total. The lowest BCUT2D eigenvalue weighted by molar-refractivity contribution is 0.792. The molecule has 0 fully saturated rings. The number of benzene rings is 1. The Morgan fingerprint density at radius 3 is 2.82 bits per heavy atom. The van der Waals surface area contributed by atoms with Crippen LogP contribution in [-0.2, 0) is 6.42 Å². The van der Waals surface area contributed by atoms with Crippen molar-refractivity contribution < 1.29 is 0 Å². The highest BCUT2D eigenvalue weighted by atomic mass is 32.1. The normalized spacial score (nSPS) is 12.4. The van der Waals surface area contributed by atoms with Crippen molar-refractivity contribution in [2.45, 2.75) is 26.3 Å². The van der Waals surface area contributed by atoms with Crippen LogP contribution < -0.4 is 11.1 Å². The minimum Gasteiger partial charge on any atom is -0.399 e. The van der Waals surface area contributed by atoms with E-state index in [-0.39, 0.29) is 0 Å². The van der Waals surface area contributed by atoms with Gasteiger partial charge in [-0.3, -0.25) is 0 Å². The molecule has 3 heteroatoms. The molecule has 0 amide bonds. The zero-order chi connectivity index (χ0) is 12.3. The summed E-state index contributed by atoms with van der Waals surface area (Å²) in [7, 11) is 0. The van der Waals surface area contributed by atoms with Gasteiger partial charge in [0.1, 0.15) is 0 Å². The number of thiophene rings is 1. The van der Waals surface area contributed by atoms with E-state index in [4.69, 9.17) is 5.73 Å². The van der Waals surface area contributed by atoms with E-state index in [0.29, 0.717) is 6.04 Å². The van der Waals surface area contributed by atoms with E-state index in [1.165, 1.54) is 5.56 Å². The van der Waals surface area contributed by atoms with Crippen molar-refractivity contribution in [1.29, 1.82) is 0 Å². The number of aryl methyl sites for hydroxylation is 1. The minimum atomic E-state index is 0.424. The molecule has 0 bridgehead atoms. The van der Waals surface area contributed by atoms with Gasteiger partial charge in [-0.15, -0.1) is 0 Å². The molecule has 2 rings (SSSR count). The fourth-order valence-electron chi connectivity index (χ4n) is 1.86. The molecule has 0 spiro atoms. The van der Waals surface area contributed by atoms with Crippen LogP contribution in [0.4, 0.5) is 11.4 Å². The largest absolute Gasteiger partial charge is 0.399 e. The van der Waals surface area contributed by atoms with E-state index in [2.05, 4.69) is 35.1 Å². The maximum atomic E-state index is 5.80. The molecule has 17 heavy (non-hydrogen) atoms. The first-order valence-electron chi connectivity index (χ1n) is 5.79. The molecule has 1 heterocycles. The molecule has 1 atom stereocenters. The van der Waals surface area contributed by atoms with E-state index < -0.39 is 0 Å². The highest BCUT2D eigenvalue weighted by Crippen LogP contribution is 2.18. The Labute approximate surface area is 106 Å². The zero-order valence-electron chi connectivity index (χ0n) is 10.2. The highest BCUT2D eigenvalue weighted by Gasteiger charge is 2.04. The van der Waals surface area contributed by atoms with Gasteiger partial charge in [0.2, 0.25) is 0 Å². The maximum Gasteiger partial charge on any atom is 0.0346 e. The monoisotopic (exact) mass is 246 g/mol. The van der Waals surface area contributed by atoms with Crippen molar-refractivity contribution in [3.8, 4) is 0 Å². The van der Waals surface area contributed by atoms with Crippen LogP contribution in [0.15, 0.2) is 35.0 Å². The molecule has 0 aliphatic heterocycles. The second-order valence-corrected chi connectivity index (χ2v) is 5.23. The second kappa shape index (κ2) is 5.23. The standard InChI is InChI=1S/C14H18N2S/c1-10-7-13(3-4-14(10)15)16-11(2)8-12-5-6-17-9-12/h3-7,9,11,16H,8,15H2,1-2H3. The van der Waals surface area contributed by atoms with Crippen LogP contribution in [-0.4, -0.2) is 6.04 Å². The van der Waals surface area contributed by atoms with Crippen molar-refractivity contribution in [1.82, 2.24) is 0 Å². The first-order chi connectivity index (χ1) is 8.15. The Balaban J connectivity index is 1.98. The highest BCUT2D eigenvalue weighted by molar-refractivity contribution is 7.07. The van der Waals surface area contributed by atoms with Gasteiger partial charge >= 0.3 is 0 Å². The van der Waals surface area contributed by atoms with Crippen molar-refractivity contribution in [2.75, 3.05) is 11.1 Å². The SMILES string of the molecule is Cc1cc(NC(C)Cc2ccsc2)ccc1N. The first-order valence-corrected chi connectivity index (χ1v) is 6.73. The fourth-order valence-corrected chi connectivity index (χ4v) is 2.54.